The molecule has 0 bridgehead atoms. The van der Waals surface area contributed by atoms with E-state index in [-0.39, 0.29) is 11.6 Å². The molecule has 0 unspecified atom stereocenters. The zero-order valence-electron chi connectivity index (χ0n) is 14.1. The summed E-state index contributed by atoms with van der Waals surface area (Å²) >= 11 is 0. The molecule has 0 aromatic heterocycles. The maximum Gasteiger partial charge on any atom is 0.255 e. The quantitative estimate of drug-likeness (QED) is 0.865. The molecule has 1 amide bonds. The minimum atomic E-state index is -0.277. The van der Waals surface area contributed by atoms with Gasteiger partial charge in [0.1, 0.15) is 5.66 Å². The van der Waals surface area contributed by atoms with Crippen LogP contribution in [0.3, 0.4) is 0 Å². The number of fused-ring (bicyclic) bond motifs is 1. The van der Waals surface area contributed by atoms with Gasteiger partial charge in [0, 0.05) is 57.8 Å². The molecule has 3 aliphatic heterocycles. The highest BCUT2D eigenvalue weighted by atomic mass is 16.5. The number of anilines is 1. The number of carbonyl (C=O) groups is 1. The fourth-order valence-electron chi connectivity index (χ4n) is 3.88. The Hall–Kier alpha value is -1.63. The first kappa shape index (κ1) is 15.9. The highest BCUT2D eigenvalue weighted by Crippen LogP contribution is 2.31. The second kappa shape index (κ2) is 6.70. The maximum atomic E-state index is 12.4. The van der Waals surface area contributed by atoms with Crippen LogP contribution in [-0.2, 0) is 4.74 Å². The van der Waals surface area contributed by atoms with Gasteiger partial charge in [0.25, 0.3) is 5.91 Å². The molecule has 3 aliphatic rings. The van der Waals surface area contributed by atoms with E-state index in [0.717, 1.165) is 76.6 Å². The molecule has 0 atom stereocenters. The van der Waals surface area contributed by atoms with Crippen molar-refractivity contribution in [2.75, 3.05) is 57.8 Å². The number of amides is 1. The van der Waals surface area contributed by atoms with E-state index in [9.17, 15) is 4.79 Å². The molecule has 6 nitrogen and oxygen atoms in total. The average Bonchev–Trinajstić information content (AvgIpc) is 2.62. The first-order valence-electron chi connectivity index (χ1n) is 8.96. The van der Waals surface area contributed by atoms with Crippen molar-refractivity contribution in [2.24, 2.45) is 0 Å². The minimum absolute atomic E-state index is 0.0473. The van der Waals surface area contributed by atoms with Crippen LogP contribution in [0.4, 0.5) is 5.69 Å². The molecule has 2 N–H and O–H groups in total. The summed E-state index contributed by atoms with van der Waals surface area (Å²) in [6.45, 7) is 8.05. The summed E-state index contributed by atoms with van der Waals surface area (Å²) in [5, 5.41) is 6.79. The third-order valence-electron chi connectivity index (χ3n) is 5.44. The summed E-state index contributed by atoms with van der Waals surface area (Å²) in [6.07, 6.45) is 1.88. The Labute approximate surface area is 143 Å². The number of ether oxygens (including phenoxy) is 1. The molecule has 2 fully saturated rings. The first-order chi connectivity index (χ1) is 11.7. The van der Waals surface area contributed by atoms with E-state index < -0.39 is 0 Å². The Bertz CT molecular complexity index is 592. The van der Waals surface area contributed by atoms with Crippen LogP contribution in [0.2, 0.25) is 0 Å². The van der Waals surface area contributed by atoms with Crippen molar-refractivity contribution < 1.29 is 9.53 Å². The lowest BCUT2D eigenvalue weighted by Gasteiger charge is -2.46. The number of para-hydroxylation sites is 1. The summed E-state index contributed by atoms with van der Waals surface area (Å²) in [6, 6.07) is 7.77. The van der Waals surface area contributed by atoms with Crippen LogP contribution in [0.5, 0.6) is 0 Å². The average molecular weight is 330 g/mol. The fourth-order valence-corrected chi connectivity index (χ4v) is 3.88. The van der Waals surface area contributed by atoms with Gasteiger partial charge in [-0.25, -0.2) is 0 Å². The second-order valence-electron chi connectivity index (χ2n) is 7.00. The van der Waals surface area contributed by atoms with E-state index >= 15 is 0 Å². The van der Waals surface area contributed by atoms with Crippen LogP contribution in [0.1, 0.15) is 23.2 Å². The van der Waals surface area contributed by atoms with Crippen molar-refractivity contribution in [1.29, 1.82) is 0 Å². The summed E-state index contributed by atoms with van der Waals surface area (Å²) in [4.78, 5) is 17.4. The van der Waals surface area contributed by atoms with Crippen molar-refractivity contribution >= 4 is 11.6 Å². The molecule has 130 valence electrons. The zero-order valence-corrected chi connectivity index (χ0v) is 14.1. The summed E-state index contributed by atoms with van der Waals surface area (Å²) in [5.74, 6) is 0.0473. The van der Waals surface area contributed by atoms with Crippen LogP contribution in [0, 0.1) is 0 Å². The molecule has 3 heterocycles. The number of morpholine rings is 1. The Balaban J connectivity index is 1.32. The molecular weight excluding hydrogens is 304 g/mol. The van der Waals surface area contributed by atoms with Crippen molar-refractivity contribution in [1.82, 2.24) is 15.1 Å². The number of hydrogen-bond donors (Lipinski definition) is 2. The Morgan fingerprint density at radius 2 is 1.62 bits per heavy atom. The van der Waals surface area contributed by atoms with Gasteiger partial charge >= 0.3 is 0 Å². The molecule has 1 aromatic carbocycles. The lowest BCUT2D eigenvalue weighted by Crippen LogP contribution is -2.62. The highest BCUT2D eigenvalue weighted by Gasteiger charge is 2.39. The fraction of sp³-hybridized carbons (Fsp3) is 0.611. The van der Waals surface area contributed by atoms with Crippen molar-refractivity contribution in [2.45, 2.75) is 18.5 Å². The molecule has 4 rings (SSSR count). The first-order valence-corrected chi connectivity index (χ1v) is 8.96. The summed E-state index contributed by atoms with van der Waals surface area (Å²) in [5.41, 5.74) is 1.43. The monoisotopic (exact) mass is 330 g/mol. The van der Waals surface area contributed by atoms with E-state index in [2.05, 4.69) is 20.4 Å². The molecule has 0 aliphatic carbocycles. The third-order valence-corrected chi connectivity index (χ3v) is 5.44. The number of hydrogen-bond acceptors (Lipinski definition) is 5. The van der Waals surface area contributed by atoms with Crippen molar-refractivity contribution in [3.63, 3.8) is 0 Å². The Morgan fingerprint density at radius 3 is 2.38 bits per heavy atom. The zero-order chi connectivity index (χ0) is 16.4. The minimum Gasteiger partial charge on any atom is -0.379 e. The molecule has 1 spiro atoms. The van der Waals surface area contributed by atoms with Gasteiger partial charge in [-0.1, -0.05) is 12.1 Å². The molecule has 0 saturated carbocycles. The molecule has 6 heteroatoms. The lowest BCUT2D eigenvalue weighted by atomic mass is 9.92. The standard InChI is InChI=1S/C18H26N4O2/c23-17-15-3-1-2-4-16(15)19-18(20-17)5-7-21(8-6-18)9-10-22-11-13-24-14-12-22/h1-4,19H,5-14H2,(H,20,23). The summed E-state index contributed by atoms with van der Waals surface area (Å²) in [7, 11) is 0. The predicted molar refractivity (Wildman–Crippen MR) is 93.2 cm³/mol. The number of likely N-dealkylation sites (tertiary alicyclic amines) is 1. The largest absolute Gasteiger partial charge is 0.379 e. The van der Waals surface area contributed by atoms with E-state index in [4.69, 9.17) is 4.74 Å². The predicted octanol–water partition coefficient (Wildman–Crippen LogP) is 0.966. The van der Waals surface area contributed by atoms with Gasteiger partial charge in [-0.3, -0.25) is 9.69 Å². The number of rotatable bonds is 3. The van der Waals surface area contributed by atoms with E-state index in [1.54, 1.807) is 0 Å². The van der Waals surface area contributed by atoms with Gasteiger partial charge in [-0.15, -0.1) is 0 Å². The van der Waals surface area contributed by atoms with Crippen molar-refractivity contribution in [3.8, 4) is 0 Å². The van der Waals surface area contributed by atoms with Gasteiger partial charge in [0.2, 0.25) is 0 Å². The number of benzene rings is 1. The molecule has 24 heavy (non-hydrogen) atoms. The smallest absolute Gasteiger partial charge is 0.255 e. The molecule has 0 radical (unpaired) electrons. The Kier molecular flexibility index (Phi) is 4.43. The molecule has 1 aromatic rings. The van der Waals surface area contributed by atoms with Gasteiger partial charge in [0.15, 0.2) is 0 Å². The number of carbonyl (C=O) groups excluding carboxylic acids is 1. The van der Waals surface area contributed by atoms with Crippen LogP contribution in [-0.4, -0.2) is 73.9 Å². The Morgan fingerprint density at radius 1 is 0.958 bits per heavy atom. The van der Waals surface area contributed by atoms with Crippen LogP contribution < -0.4 is 10.6 Å². The van der Waals surface area contributed by atoms with Gasteiger partial charge in [-0.2, -0.15) is 0 Å². The van der Waals surface area contributed by atoms with E-state index in [1.165, 1.54) is 0 Å². The third kappa shape index (κ3) is 3.27. The molecular formula is C18H26N4O2. The van der Waals surface area contributed by atoms with Crippen molar-refractivity contribution in [3.05, 3.63) is 29.8 Å². The normalized spacial score (nSPS) is 24.2. The number of piperidine rings is 1. The highest BCUT2D eigenvalue weighted by molar-refractivity contribution is 6.02. The van der Waals surface area contributed by atoms with E-state index in [0.29, 0.717) is 0 Å². The molecule has 2 saturated heterocycles. The second-order valence-corrected chi connectivity index (χ2v) is 7.00. The van der Waals surface area contributed by atoms with Crippen LogP contribution >= 0.6 is 0 Å². The summed E-state index contributed by atoms with van der Waals surface area (Å²) < 4.78 is 5.40. The number of nitrogens with zero attached hydrogens (tertiary/aromatic N) is 2. The lowest BCUT2D eigenvalue weighted by molar-refractivity contribution is 0.0305. The SMILES string of the molecule is O=C1NC2(CCN(CCN3CCOCC3)CC2)Nc2ccccc21. The van der Waals surface area contributed by atoms with E-state index in [1.807, 2.05) is 24.3 Å². The van der Waals surface area contributed by atoms with Gasteiger partial charge < -0.3 is 20.3 Å². The topological polar surface area (TPSA) is 56.8 Å². The maximum absolute atomic E-state index is 12.4. The van der Waals surface area contributed by atoms with Crippen LogP contribution in [0.25, 0.3) is 0 Å². The number of nitrogens with one attached hydrogen (secondary N) is 2. The van der Waals surface area contributed by atoms with Gasteiger partial charge in [-0.05, 0) is 12.1 Å². The van der Waals surface area contributed by atoms with Gasteiger partial charge in [0.05, 0.1) is 18.8 Å². The van der Waals surface area contributed by atoms with Crippen LogP contribution in [0.15, 0.2) is 24.3 Å².